The Bertz CT molecular complexity index is 881. The average molecular weight is 525 g/mol. The van der Waals surface area contributed by atoms with E-state index in [4.69, 9.17) is 5.11 Å². The number of carboxylic acid groups (broad SMARTS) is 1. The molecule has 16 heteroatoms. The maximum absolute atomic E-state index is 13.0. The van der Waals surface area contributed by atoms with Gasteiger partial charge in [-0.25, -0.2) is 4.79 Å². The third-order valence-corrected chi connectivity index (χ3v) is 4.93. The number of ether oxygens (including phenoxy) is 1. The van der Waals surface area contributed by atoms with Gasteiger partial charge in [-0.15, -0.1) is 0 Å². The molecule has 0 atom stereocenters. The number of amides is 1. The Kier molecular flexibility index (Phi) is 8.73. The lowest BCUT2D eigenvalue weighted by Crippen LogP contribution is -2.52. The molecule has 1 aliphatic heterocycles. The van der Waals surface area contributed by atoms with Crippen molar-refractivity contribution in [1.82, 2.24) is 9.80 Å². The van der Waals surface area contributed by atoms with Crippen molar-refractivity contribution in [3.8, 4) is 0 Å². The first-order valence-corrected chi connectivity index (χ1v) is 9.95. The summed E-state index contributed by atoms with van der Waals surface area (Å²) >= 11 is 0. The van der Waals surface area contributed by atoms with Crippen molar-refractivity contribution >= 4 is 17.7 Å². The van der Waals surface area contributed by atoms with Gasteiger partial charge in [-0.05, 0) is 17.7 Å². The molecule has 198 valence electrons. The number of nitrogens with one attached hydrogen (secondary N) is 1. The first kappa shape index (κ1) is 28.3. The fraction of sp³-hybridized carbons (Fsp3) is 0.579. The summed E-state index contributed by atoms with van der Waals surface area (Å²) < 4.78 is 118. The van der Waals surface area contributed by atoms with Gasteiger partial charge in [0.05, 0.1) is 12.0 Å². The minimum atomic E-state index is -5.84. The Morgan fingerprint density at radius 3 is 2.03 bits per heavy atom. The van der Waals surface area contributed by atoms with Crippen LogP contribution in [0.5, 0.6) is 0 Å². The summed E-state index contributed by atoms with van der Waals surface area (Å²) in [5.41, 5.74) is -0.620. The van der Waals surface area contributed by atoms with Crippen LogP contribution in [0.2, 0.25) is 0 Å². The maximum atomic E-state index is 13.0. The van der Waals surface area contributed by atoms with Gasteiger partial charge in [-0.1, -0.05) is 6.07 Å². The molecule has 0 radical (unpaired) electrons. The molecule has 1 fully saturated rings. The summed E-state index contributed by atoms with van der Waals surface area (Å²) in [6.45, 7) is -0.763. The van der Waals surface area contributed by atoms with Crippen molar-refractivity contribution in [1.29, 1.82) is 0 Å². The third kappa shape index (κ3) is 8.36. The lowest BCUT2D eigenvalue weighted by Gasteiger charge is -2.35. The van der Waals surface area contributed by atoms with Crippen molar-refractivity contribution in [2.75, 3.05) is 38.0 Å². The molecular formula is C19H20F9N3O4. The summed E-state index contributed by atoms with van der Waals surface area (Å²) in [6, 6.07) is 2.79. The minimum Gasteiger partial charge on any atom is -0.481 e. The van der Waals surface area contributed by atoms with Crippen LogP contribution in [0.4, 0.5) is 50.0 Å². The van der Waals surface area contributed by atoms with Gasteiger partial charge in [0.15, 0.2) is 0 Å². The summed E-state index contributed by atoms with van der Waals surface area (Å²) in [4.78, 5) is 24.8. The number of rotatable bonds is 7. The second-order valence-electron chi connectivity index (χ2n) is 7.55. The van der Waals surface area contributed by atoms with E-state index in [2.05, 4.69) is 10.1 Å². The molecule has 7 nitrogen and oxygen atoms in total. The molecule has 2 N–H and O–H groups in total. The normalized spacial score (nSPS) is 15.9. The molecule has 0 unspecified atom stereocenters. The molecule has 1 aliphatic rings. The number of carbonyl (C=O) groups is 2. The molecule has 0 bridgehead atoms. The third-order valence-electron chi connectivity index (χ3n) is 4.93. The van der Waals surface area contributed by atoms with Crippen LogP contribution in [-0.2, 0) is 22.3 Å². The van der Waals surface area contributed by atoms with E-state index in [0.717, 1.165) is 12.1 Å². The monoisotopic (exact) mass is 525 g/mol. The standard InChI is InChI=1S/C19H20F9N3O4/c20-17(21,22)12-2-1-11(13(9-12)29-4-3-14(32)33)10-30-5-7-31(8-6-30)16(34)35-15(18(23,24)25)19(26,27)28/h1-2,9,15,29H,3-8,10H2,(H,32,33). The number of piperazine rings is 1. The number of alkyl halides is 9. The van der Waals surface area contributed by atoms with Crippen molar-refractivity contribution in [3.63, 3.8) is 0 Å². The van der Waals surface area contributed by atoms with E-state index in [1.165, 1.54) is 6.07 Å². The fourth-order valence-electron chi connectivity index (χ4n) is 3.18. The highest BCUT2D eigenvalue weighted by molar-refractivity contribution is 5.68. The number of halogens is 9. The number of carboxylic acids is 1. The van der Waals surface area contributed by atoms with E-state index in [-0.39, 0.29) is 51.4 Å². The zero-order valence-corrected chi connectivity index (χ0v) is 17.7. The van der Waals surface area contributed by atoms with E-state index in [9.17, 15) is 49.1 Å². The number of hydrogen-bond acceptors (Lipinski definition) is 5. The second kappa shape index (κ2) is 10.8. The number of carbonyl (C=O) groups excluding carboxylic acids is 1. The van der Waals surface area contributed by atoms with Crippen LogP contribution in [0.15, 0.2) is 18.2 Å². The summed E-state index contributed by atoms with van der Waals surface area (Å²) in [6.07, 6.45) is -22.8. The highest BCUT2D eigenvalue weighted by Crippen LogP contribution is 2.36. The van der Waals surface area contributed by atoms with E-state index in [1.54, 1.807) is 4.90 Å². The Hall–Kier alpha value is -2.91. The van der Waals surface area contributed by atoms with Gasteiger partial charge in [-0.2, -0.15) is 39.5 Å². The Morgan fingerprint density at radius 2 is 1.54 bits per heavy atom. The van der Waals surface area contributed by atoms with Crippen molar-refractivity contribution < 1.29 is 58.9 Å². The number of anilines is 1. The molecule has 0 spiro atoms. The van der Waals surface area contributed by atoms with E-state index < -0.39 is 42.3 Å². The topological polar surface area (TPSA) is 82.1 Å². The largest absolute Gasteiger partial charge is 0.481 e. The highest BCUT2D eigenvalue weighted by atomic mass is 19.4. The predicted molar refractivity (Wildman–Crippen MR) is 101 cm³/mol. The zero-order chi connectivity index (χ0) is 26.6. The molecule has 2 rings (SSSR count). The molecule has 1 amide bonds. The lowest BCUT2D eigenvalue weighted by atomic mass is 10.1. The zero-order valence-electron chi connectivity index (χ0n) is 17.7. The van der Waals surface area contributed by atoms with Gasteiger partial charge in [0.1, 0.15) is 0 Å². The quantitative estimate of drug-likeness (QED) is 0.516. The predicted octanol–water partition coefficient (Wildman–Crippen LogP) is 4.34. The molecule has 35 heavy (non-hydrogen) atoms. The first-order chi connectivity index (χ1) is 16.0. The van der Waals surface area contributed by atoms with Crippen LogP contribution in [0, 0.1) is 0 Å². The second-order valence-corrected chi connectivity index (χ2v) is 7.55. The van der Waals surface area contributed by atoms with Gasteiger partial charge >= 0.3 is 30.6 Å². The van der Waals surface area contributed by atoms with Gasteiger partial charge in [0.25, 0.3) is 6.10 Å². The molecule has 0 aliphatic carbocycles. The van der Waals surface area contributed by atoms with Gasteiger partial charge < -0.3 is 20.1 Å². The smallest absolute Gasteiger partial charge is 0.434 e. The molecule has 0 aromatic heterocycles. The number of aliphatic carboxylic acids is 1. The Balaban J connectivity index is 2.04. The van der Waals surface area contributed by atoms with E-state index in [0.29, 0.717) is 10.5 Å². The molecule has 1 aromatic carbocycles. The minimum absolute atomic E-state index is 0.0149. The number of nitrogens with zero attached hydrogens (tertiary/aromatic N) is 2. The summed E-state index contributed by atoms with van der Waals surface area (Å²) in [5, 5.41) is 11.3. The number of benzene rings is 1. The summed E-state index contributed by atoms with van der Waals surface area (Å²) in [5.74, 6) is -1.17. The van der Waals surface area contributed by atoms with Crippen LogP contribution >= 0.6 is 0 Å². The van der Waals surface area contributed by atoms with E-state index in [1.807, 2.05) is 0 Å². The first-order valence-electron chi connectivity index (χ1n) is 9.95. The van der Waals surface area contributed by atoms with Crippen LogP contribution in [-0.4, -0.2) is 78.1 Å². The van der Waals surface area contributed by atoms with Crippen LogP contribution in [0.25, 0.3) is 0 Å². The van der Waals surface area contributed by atoms with Crippen LogP contribution < -0.4 is 5.32 Å². The Labute approximate surface area is 192 Å². The van der Waals surface area contributed by atoms with Gasteiger partial charge in [0.2, 0.25) is 0 Å². The SMILES string of the molecule is O=C(O)CCNc1cc(C(F)(F)F)ccc1CN1CCN(C(=O)OC(C(F)(F)F)C(F)(F)F)CC1. The van der Waals surface area contributed by atoms with Gasteiger partial charge in [0, 0.05) is 45.0 Å². The average Bonchev–Trinajstić information content (AvgIpc) is 2.70. The van der Waals surface area contributed by atoms with Crippen molar-refractivity contribution in [2.45, 2.75) is 37.6 Å². The highest BCUT2D eigenvalue weighted by Gasteiger charge is 2.60. The molecular weight excluding hydrogens is 505 g/mol. The van der Waals surface area contributed by atoms with E-state index >= 15 is 0 Å². The van der Waals surface area contributed by atoms with Crippen LogP contribution in [0.3, 0.4) is 0 Å². The molecule has 0 saturated carbocycles. The maximum Gasteiger partial charge on any atom is 0.434 e. The molecule has 1 heterocycles. The van der Waals surface area contributed by atoms with Gasteiger partial charge in [-0.3, -0.25) is 9.69 Å². The number of hydrogen-bond donors (Lipinski definition) is 2. The van der Waals surface area contributed by atoms with Crippen LogP contribution in [0.1, 0.15) is 17.5 Å². The Morgan fingerprint density at radius 1 is 0.971 bits per heavy atom. The summed E-state index contributed by atoms with van der Waals surface area (Å²) in [7, 11) is 0. The molecule has 1 aromatic rings. The molecule has 1 saturated heterocycles. The van der Waals surface area contributed by atoms with Crippen molar-refractivity contribution in [3.05, 3.63) is 29.3 Å². The van der Waals surface area contributed by atoms with Crippen molar-refractivity contribution in [2.24, 2.45) is 0 Å². The lowest BCUT2D eigenvalue weighted by molar-refractivity contribution is -0.308. The fourth-order valence-corrected chi connectivity index (χ4v) is 3.18.